The molecule has 0 unspecified atom stereocenters. The smallest absolute Gasteiger partial charge is 0.193 e. The van der Waals surface area contributed by atoms with Crippen LogP contribution in [-0.2, 0) is 6.42 Å². The summed E-state index contributed by atoms with van der Waals surface area (Å²) >= 11 is 0. The van der Waals surface area contributed by atoms with Crippen molar-refractivity contribution >= 4 is 35.6 Å². The topological polar surface area (TPSA) is 63.3 Å². The fraction of sp³-hybridized carbons (Fsp3) is 0.250. The van der Waals surface area contributed by atoms with E-state index in [1.165, 1.54) is 16.7 Å². The van der Waals surface area contributed by atoms with Crippen LogP contribution in [0.3, 0.4) is 0 Å². The molecule has 0 bridgehead atoms. The summed E-state index contributed by atoms with van der Waals surface area (Å²) in [5.74, 6) is 0.445. The lowest BCUT2D eigenvalue weighted by atomic mass is 10.1. The van der Waals surface area contributed by atoms with Gasteiger partial charge in [0.1, 0.15) is 0 Å². The first-order chi connectivity index (χ1) is 9.65. The number of aliphatic imine (C=N–C) groups is 1. The molecule has 0 fully saturated rings. The van der Waals surface area contributed by atoms with Crippen molar-refractivity contribution in [1.82, 2.24) is 4.98 Å². The highest BCUT2D eigenvalue weighted by Crippen LogP contribution is 2.08. The molecule has 112 valence electrons. The molecule has 4 nitrogen and oxygen atoms in total. The van der Waals surface area contributed by atoms with Crippen molar-refractivity contribution in [1.29, 1.82) is 0 Å². The Balaban J connectivity index is 0.00000220. The van der Waals surface area contributed by atoms with Crippen molar-refractivity contribution in [2.24, 2.45) is 10.7 Å². The molecule has 0 saturated carbocycles. The van der Waals surface area contributed by atoms with Crippen molar-refractivity contribution in [3.8, 4) is 0 Å². The Hall–Kier alpha value is -1.63. The summed E-state index contributed by atoms with van der Waals surface area (Å²) in [6.45, 7) is 4.77. The van der Waals surface area contributed by atoms with E-state index in [-0.39, 0.29) is 24.0 Å². The number of hydrogen-bond acceptors (Lipinski definition) is 2. The van der Waals surface area contributed by atoms with Gasteiger partial charge >= 0.3 is 0 Å². The van der Waals surface area contributed by atoms with E-state index in [1.54, 1.807) is 6.20 Å². The second kappa shape index (κ2) is 8.61. The van der Waals surface area contributed by atoms with Crippen LogP contribution < -0.4 is 11.1 Å². The first kappa shape index (κ1) is 17.4. The summed E-state index contributed by atoms with van der Waals surface area (Å²) in [5, 5.41) is 3.09. The highest BCUT2D eigenvalue weighted by atomic mass is 127. The molecule has 1 heterocycles. The Morgan fingerprint density at radius 3 is 2.57 bits per heavy atom. The molecular formula is C16H21IN4. The highest BCUT2D eigenvalue weighted by molar-refractivity contribution is 14.0. The highest BCUT2D eigenvalue weighted by Gasteiger charge is 1.98. The zero-order valence-corrected chi connectivity index (χ0v) is 14.7. The van der Waals surface area contributed by atoms with Gasteiger partial charge in [-0.25, -0.2) is 0 Å². The van der Waals surface area contributed by atoms with Crippen molar-refractivity contribution in [2.75, 3.05) is 11.9 Å². The summed E-state index contributed by atoms with van der Waals surface area (Å²) in [4.78, 5) is 8.42. The van der Waals surface area contributed by atoms with Crippen molar-refractivity contribution in [3.63, 3.8) is 0 Å². The van der Waals surface area contributed by atoms with Gasteiger partial charge in [-0.15, -0.1) is 24.0 Å². The van der Waals surface area contributed by atoms with E-state index < -0.39 is 0 Å². The Labute approximate surface area is 142 Å². The van der Waals surface area contributed by atoms with Crippen LogP contribution in [0.15, 0.2) is 47.7 Å². The SMILES string of the molecule is Cc1ccc(NC(N)=NCCc2ccncc2C)cc1.I. The Kier molecular flexibility index (Phi) is 7.14. The van der Waals surface area contributed by atoms with Crippen LogP contribution in [0.2, 0.25) is 0 Å². The average molecular weight is 396 g/mol. The van der Waals surface area contributed by atoms with Crippen LogP contribution in [0, 0.1) is 13.8 Å². The number of nitrogens with one attached hydrogen (secondary N) is 1. The predicted octanol–water partition coefficient (Wildman–Crippen LogP) is 3.29. The molecule has 0 saturated heterocycles. The van der Waals surface area contributed by atoms with Crippen LogP contribution in [0.5, 0.6) is 0 Å². The van der Waals surface area contributed by atoms with E-state index in [1.807, 2.05) is 36.5 Å². The van der Waals surface area contributed by atoms with Crippen molar-refractivity contribution < 1.29 is 0 Å². The van der Waals surface area contributed by atoms with Gasteiger partial charge in [0.25, 0.3) is 0 Å². The lowest BCUT2D eigenvalue weighted by molar-refractivity contribution is 0.948. The maximum absolute atomic E-state index is 5.87. The number of aromatic nitrogens is 1. The number of nitrogens with two attached hydrogens (primary N) is 1. The van der Waals surface area contributed by atoms with E-state index >= 15 is 0 Å². The minimum atomic E-state index is 0. The maximum atomic E-state index is 5.87. The molecule has 21 heavy (non-hydrogen) atoms. The largest absolute Gasteiger partial charge is 0.370 e. The minimum Gasteiger partial charge on any atom is -0.370 e. The van der Waals surface area contributed by atoms with Gasteiger partial charge in [0.15, 0.2) is 5.96 Å². The summed E-state index contributed by atoms with van der Waals surface area (Å²) in [7, 11) is 0. The summed E-state index contributed by atoms with van der Waals surface area (Å²) < 4.78 is 0. The zero-order chi connectivity index (χ0) is 14.4. The number of hydrogen-bond donors (Lipinski definition) is 2. The average Bonchev–Trinajstić information content (AvgIpc) is 2.43. The van der Waals surface area contributed by atoms with Gasteiger partial charge in [-0.05, 0) is 49.6 Å². The fourth-order valence-electron chi connectivity index (χ4n) is 1.90. The number of benzene rings is 1. The Bertz CT molecular complexity index is 593. The van der Waals surface area contributed by atoms with Crippen molar-refractivity contribution in [3.05, 3.63) is 59.4 Å². The predicted molar refractivity (Wildman–Crippen MR) is 99.4 cm³/mol. The number of nitrogens with zero attached hydrogens (tertiary/aromatic N) is 2. The van der Waals surface area contributed by atoms with E-state index in [0.29, 0.717) is 12.5 Å². The number of guanidine groups is 1. The van der Waals surface area contributed by atoms with Crippen LogP contribution in [0.1, 0.15) is 16.7 Å². The molecule has 0 aliphatic rings. The van der Waals surface area contributed by atoms with Gasteiger partial charge in [-0.2, -0.15) is 0 Å². The number of rotatable bonds is 4. The van der Waals surface area contributed by atoms with E-state index in [2.05, 4.69) is 29.1 Å². The third-order valence-electron chi connectivity index (χ3n) is 3.12. The molecule has 2 aromatic rings. The molecule has 3 N–H and O–H groups in total. The summed E-state index contributed by atoms with van der Waals surface area (Å²) in [6.07, 6.45) is 4.54. The third-order valence-corrected chi connectivity index (χ3v) is 3.12. The van der Waals surface area contributed by atoms with E-state index in [9.17, 15) is 0 Å². The maximum Gasteiger partial charge on any atom is 0.193 e. The Morgan fingerprint density at radius 2 is 1.90 bits per heavy atom. The number of anilines is 1. The van der Waals surface area contributed by atoms with E-state index in [4.69, 9.17) is 5.73 Å². The number of aryl methyl sites for hydroxylation is 2. The number of pyridine rings is 1. The van der Waals surface area contributed by atoms with Gasteiger partial charge in [-0.3, -0.25) is 9.98 Å². The van der Waals surface area contributed by atoms with Crippen LogP contribution in [-0.4, -0.2) is 17.5 Å². The quantitative estimate of drug-likeness (QED) is 0.474. The molecule has 0 atom stereocenters. The first-order valence-corrected chi connectivity index (χ1v) is 6.68. The minimum absolute atomic E-state index is 0. The van der Waals surface area contributed by atoms with Crippen LogP contribution in [0.25, 0.3) is 0 Å². The molecule has 1 aromatic heterocycles. The molecule has 0 spiro atoms. The molecule has 0 amide bonds. The summed E-state index contributed by atoms with van der Waals surface area (Å²) in [5.41, 5.74) is 10.5. The van der Waals surface area contributed by atoms with Gasteiger partial charge in [-0.1, -0.05) is 17.7 Å². The second-order valence-corrected chi connectivity index (χ2v) is 4.81. The van der Waals surface area contributed by atoms with Gasteiger partial charge < -0.3 is 11.1 Å². The molecular weight excluding hydrogens is 375 g/mol. The van der Waals surface area contributed by atoms with Gasteiger partial charge in [0.2, 0.25) is 0 Å². The van der Waals surface area contributed by atoms with Gasteiger partial charge in [0, 0.05) is 24.6 Å². The van der Waals surface area contributed by atoms with Crippen LogP contribution in [0.4, 0.5) is 5.69 Å². The molecule has 0 radical (unpaired) electrons. The molecule has 0 aliphatic heterocycles. The monoisotopic (exact) mass is 396 g/mol. The van der Waals surface area contributed by atoms with Crippen molar-refractivity contribution in [2.45, 2.75) is 20.3 Å². The second-order valence-electron chi connectivity index (χ2n) is 4.81. The summed E-state index contributed by atoms with van der Waals surface area (Å²) in [6, 6.07) is 10.1. The van der Waals surface area contributed by atoms with Gasteiger partial charge in [0.05, 0.1) is 0 Å². The number of halogens is 1. The third kappa shape index (κ3) is 5.71. The standard InChI is InChI=1S/C16H20N4.HI/c1-12-3-5-15(6-4-12)20-16(17)19-10-8-14-7-9-18-11-13(14)2;/h3-7,9,11H,8,10H2,1-2H3,(H3,17,19,20);1H. The van der Waals surface area contributed by atoms with Crippen LogP contribution >= 0.6 is 24.0 Å². The normalized spacial score (nSPS) is 10.9. The Morgan fingerprint density at radius 1 is 1.19 bits per heavy atom. The lowest BCUT2D eigenvalue weighted by Gasteiger charge is -2.06. The van der Waals surface area contributed by atoms with E-state index in [0.717, 1.165) is 12.1 Å². The zero-order valence-electron chi connectivity index (χ0n) is 12.3. The molecule has 5 heteroatoms. The molecule has 2 rings (SSSR count). The lowest BCUT2D eigenvalue weighted by Crippen LogP contribution is -2.23. The molecule has 0 aliphatic carbocycles. The molecule has 1 aromatic carbocycles. The fourth-order valence-corrected chi connectivity index (χ4v) is 1.90. The first-order valence-electron chi connectivity index (χ1n) is 6.68.